The van der Waals surface area contributed by atoms with Gasteiger partial charge in [0.25, 0.3) is 0 Å². The average Bonchev–Trinajstić information content (AvgIpc) is 2.41. The van der Waals surface area contributed by atoms with Crippen LogP contribution in [0.4, 0.5) is 10.1 Å². The fourth-order valence-corrected chi connectivity index (χ4v) is 2.01. The van der Waals surface area contributed by atoms with Crippen molar-refractivity contribution in [2.45, 2.75) is 12.4 Å². The van der Waals surface area contributed by atoms with E-state index in [0.717, 1.165) is 16.8 Å². The van der Waals surface area contributed by atoms with Crippen molar-refractivity contribution in [3.63, 3.8) is 0 Å². The number of benzene rings is 2. The van der Waals surface area contributed by atoms with Gasteiger partial charge in [-0.25, -0.2) is 4.39 Å². The van der Waals surface area contributed by atoms with E-state index in [4.69, 9.17) is 23.2 Å². The van der Waals surface area contributed by atoms with Crippen molar-refractivity contribution in [3.8, 4) is 0 Å². The van der Waals surface area contributed by atoms with Gasteiger partial charge in [0.2, 0.25) is 0 Å². The van der Waals surface area contributed by atoms with Gasteiger partial charge in [0, 0.05) is 18.1 Å². The number of hydrogen-bond donors (Lipinski definition) is 1. The molecule has 18 heavy (non-hydrogen) atoms. The second-order valence-electron chi connectivity index (χ2n) is 3.90. The van der Waals surface area contributed by atoms with Crippen LogP contribution in [0.2, 0.25) is 5.02 Å². The first-order valence-corrected chi connectivity index (χ1v) is 6.43. The van der Waals surface area contributed by atoms with Crippen LogP contribution in [0.3, 0.4) is 0 Å². The molecule has 0 spiro atoms. The summed E-state index contributed by atoms with van der Waals surface area (Å²) in [5.74, 6) is 0.0708. The molecule has 0 aliphatic heterocycles. The highest BCUT2D eigenvalue weighted by Gasteiger charge is 2.05. The number of halogens is 3. The second kappa shape index (κ2) is 6.07. The lowest BCUT2D eigenvalue weighted by Crippen LogP contribution is -2.01. The third-order valence-corrected chi connectivity index (χ3v) is 3.33. The van der Waals surface area contributed by atoms with Gasteiger partial charge in [-0.05, 0) is 29.3 Å². The summed E-state index contributed by atoms with van der Waals surface area (Å²) >= 11 is 11.6. The fraction of sp³-hybridized carbons (Fsp3) is 0.143. The summed E-state index contributed by atoms with van der Waals surface area (Å²) in [4.78, 5) is 0. The van der Waals surface area contributed by atoms with Gasteiger partial charge in [0.05, 0.1) is 5.02 Å². The number of nitrogens with one attached hydrogen (secondary N) is 1. The summed E-state index contributed by atoms with van der Waals surface area (Å²) in [6.07, 6.45) is 0. The van der Waals surface area contributed by atoms with E-state index in [2.05, 4.69) is 5.32 Å². The highest BCUT2D eigenvalue weighted by Crippen LogP contribution is 2.21. The molecule has 1 N–H and O–H groups in total. The highest BCUT2D eigenvalue weighted by molar-refractivity contribution is 6.31. The van der Waals surface area contributed by atoms with E-state index in [1.165, 1.54) is 6.07 Å². The summed E-state index contributed by atoms with van der Waals surface area (Å²) in [5.41, 5.74) is 2.70. The first kappa shape index (κ1) is 13.2. The Morgan fingerprint density at radius 1 is 1.11 bits per heavy atom. The predicted molar refractivity (Wildman–Crippen MR) is 74.7 cm³/mol. The Morgan fingerprint density at radius 2 is 1.89 bits per heavy atom. The molecular formula is C14H12Cl2FN. The monoisotopic (exact) mass is 283 g/mol. The second-order valence-corrected chi connectivity index (χ2v) is 4.55. The third kappa shape index (κ3) is 3.15. The van der Waals surface area contributed by atoms with Crippen molar-refractivity contribution in [1.82, 2.24) is 0 Å². The molecule has 0 saturated carbocycles. The topological polar surface area (TPSA) is 12.0 Å². The van der Waals surface area contributed by atoms with E-state index >= 15 is 0 Å². The Bertz CT molecular complexity index is 543. The van der Waals surface area contributed by atoms with Gasteiger partial charge in [-0.1, -0.05) is 35.9 Å². The fourth-order valence-electron chi connectivity index (χ4n) is 1.65. The molecule has 0 unspecified atom stereocenters. The molecule has 4 heteroatoms. The van der Waals surface area contributed by atoms with E-state index < -0.39 is 5.82 Å². The van der Waals surface area contributed by atoms with E-state index in [1.807, 2.05) is 24.3 Å². The average molecular weight is 284 g/mol. The first-order chi connectivity index (χ1) is 8.70. The molecule has 0 radical (unpaired) electrons. The lowest BCUT2D eigenvalue weighted by molar-refractivity contribution is 0.626. The molecule has 0 amide bonds. The van der Waals surface area contributed by atoms with Crippen LogP contribution in [0.1, 0.15) is 11.1 Å². The molecule has 0 atom stereocenters. The standard InChI is InChI=1S/C14H12Cl2FN/c15-8-10-3-1-5-12(7-10)18-9-11-4-2-6-13(17)14(11)16/h1-7,18H,8-9H2. The lowest BCUT2D eigenvalue weighted by Gasteiger charge is -2.09. The molecule has 0 aliphatic rings. The number of alkyl halides is 1. The lowest BCUT2D eigenvalue weighted by atomic mass is 10.2. The van der Waals surface area contributed by atoms with E-state index in [9.17, 15) is 4.39 Å². The van der Waals surface area contributed by atoms with Crippen molar-refractivity contribution < 1.29 is 4.39 Å². The maximum absolute atomic E-state index is 13.2. The first-order valence-electron chi connectivity index (χ1n) is 5.52. The van der Waals surface area contributed by atoms with Crippen LogP contribution in [0.15, 0.2) is 42.5 Å². The maximum Gasteiger partial charge on any atom is 0.142 e. The summed E-state index contributed by atoms with van der Waals surface area (Å²) < 4.78 is 13.2. The Labute approximate surface area is 116 Å². The smallest absolute Gasteiger partial charge is 0.142 e. The number of anilines is 1. The van der Waals surface area contributed by atoms with Crippen molar-refractivity contribution in [2.24, 2.45) is 0 Å². The Morgan fingerprint density at radius 3 is 2.67 bits per heavy atom. The van der Waals surface area contributed by atoms with Crippen molar-refractivity contribution >= 4 is 28.9 Å². The van der Waals surface area contributed by atoms with Crippen LogP contribution >= 0.6 is 23.2 Å². The van der Waals surface area contributed by atoms with Gasteiger partial charge in [0.1, 0.15) is 5.82 Å². The van der Waals surface area contributed by atoms with Crippen molar-refractivity contribution in [1.29, 1.82) is 0 Å². The molecule has 0 saturated heterocycles. The molecule has 0 aliphatic carbocycles. The number of hydrogen-bond acceptors (Lipinski definition) is 1. The van der Waals surface area contributed by atoms with Gasteiger partial charge in [0.15, 0.2) is 0 Å². The zero-order chi connectivity index (χ0) is 13.0. The normalized spacial score (nSPS) is 10.4. The third-order valence-electron chi connectivity index (χ3n) is 2.60. The van der Waals surface area contributed by atoms with Crippen LogP contribution in [0.5, 0.6) is 0 Å². The molecule has 0 aromatic heterocycles. The highest BCUT2D eigenvalue weighted by atomic mass is 35.5. The van der Waals surface area contributed by atoms with Crippen LogP contribution in [0.25, 0.3) is 0 Å². The molecule has 2 rings (SSSR count). The van der Waals surface area contributed by atoms with E-state index in [-0.39, 0.29) is 5.02 Å². The van der Waals surface area contributed by atoms with Gasteiger partial charge in [-0.15, -0.1) is 11.6 Å². The van der Waals surface area contributed by atoms with Crippen LogP contribution in [-0.2, 0) is 12.4 Å². The van der Waals surface area contributed by atoms with Gasteiger partial charge in [-0.3, -0.25) is 0 Å². The zero-order valence-electron chi connectivity index (χ0n) is 9.59. The SMILES string of the molecule is Fc1cccc(CNc2cccc(CCl)c2)c1Cl. The molecule has 0 bridgehead atoms. The quantitative estimate of drug-likeness (QED) is 0.793. The Kier molecular flexibility index (Phi) is 4.45. The van der Waals surface area contributed by atoms with E-state index in [0.29, 0.717) is 12.4 Å². The predicted octanol–water partition coefficient (Wildman–Crippen LogP) is 4.83. The molecule has 94 valence electrons. The molecule has 1 nitrogen and oxygen atoms in total. The summed E-state index contributed by atoms with van der Waals surface area (Å²) in [6.45, 7) is 0.475. The largest absolute Gasteiger partial charge is 0.381 e. The van der Waals surface area contributed by atoms with Crippen LogP contribution in [-0.4, -0.2) is 0 Å². The summed E-state index contributed by atoms with van der Waals surface area (Å²) in [7, 11) is 0. The minimum absolute atomic E-state index is 0.165. The van der Waals surface area contributed by atoms with Gasteiger partial charge < -0.3 is 5.32 Å². The van der Waals surface area contributed by atoms with Crippen LogP contribution in [0, 0.1) is 5.82 Å². The summed E-state index contributed by atoms with van der Waals surface area (Å²) in [6, 6.07) is 12.6. The van der Waals surface area contributed by atoms with Crippen LogP contribution < -0.4 is 5.32 Å². The van der Waals surface area contributed by atoms with E-state index in [1.54, 1.807) is 12.1 Å². The molecular weight excluding hydrogens is 272 g/mol. The molecule has 2 aromatic carbocycles. The zero-order valence-corrected chi connectivity index (χ0v) is 11.1. The van der Waals surface area contributed by atoms with Crippen molar-refractivity contribution in [2.75, 3.05) is 5.32 Å². The Hall–Kier alpha value is -1.25. The Balaban J connectivity index is 2.09. The van der Waals surface area contributed by atoms with Gasteiger partial charge >= 0.3 is 0 Å². The molecule has 0 heterocycles. The molecule has 2 aromatic rings. The van der Waals surface area contributed by atoms with Gasteiger partial charge in [-0.2, -0.15) is 0 Å². The molecule has 0 fully saturated rings. The minimum Gasteiger partial charge on any atom is -0.381 e. The maximum atomic E-state index is 13.2. The summed E-state index contributed by atoms with van der Waals surface area (Å²) in [5, 5.41) is 3.36. The van der Waals surface area contributed by atoms with Crippen molar-refractivity contribution in [3.05, 3.63) is 64.4 Å². The number of rotatable bonds is 4. The minimum atomic E-state index is -0.398.